The lowest BCUT2D eigenvalue weighted by Gasteiger charge is -2.33. The molecule has 0 amide bonds. The van der Waals surface area contributed by atoms with Crippen LogP contribution in [0, 0.1) is 5.41 Å². The largest absolute Gasteiger partial charge is 0.504 e. The first-order chi connectivity index (χ1) is 11.7. The Hall–Kier alpha value is -1.30. The zero-order chi connectivity index (χ0) is 18.9. The molecule has 0 saturated heterocycles. The first-order valence-corrected chi connectivity index (χ1v) is 8.88. The maximum absolute atomic E-state index is 10.2. The van der Waals surface area contributed by atoms with Gasteiger partial charge in [0.2, 0.25) is 0 Å². The average molecular weight is 354 g/mol. The fourth-order valence-corrected chi connectivity index (χ4v) is 3.09. The summed E-state index contributed by atoms with van der Waals surface area (Å²) in [5.41, 5.74) is 1.29. The Labute approximate surface area is 151 Å². The first kappa shape index (κ1) is 21.7. The number of hydrogen-bond acceptors (Lipinski definition) is 5. The highest BCUT2D eigenvalue weighted by Crippen LogP contribution is 2.39. The van der Waals surface area contributed by atoms with E-state index in [-0.39, 0.29) is 23.2 Å². The van der Waals surface area contributed by atoms with Crippen LogP contribution >= 0.6 is 0 Å². The van der Waals surface area contributed by atoms with Gasteiger partial charge >= 0.3 is 0 Å². The van der Waals surface area contributed by atoms with Gasteiger partial charge in [0.05, 0.1) is 33.0 Å². The van der Waals surface area contributed by atoms with Gasteiger partial charge in [-0.3, -0.25) is 0 Å². The fourth-order valence-electron chi connectivity index (χ4n) is 3.09. The van der Waals surface area contributed by atoms with E-state index in [4.69, 9.17) is 19.3 Å². The summed E-state index contributed by atoms with van der Waals surface area (Å²) in [6, 6.07) is 5.63. The Morgan fingerprint density at radius 1 is 0.880 bits per heavy atom. The van der Waals surface area contributed by atoms with Crippen LogP contribution in [0.25, 0.3) is 0 Å². The van der Waals surface area contributed by atoms with Gasteiger partial charge in [-0.05, 0) is 34.9 Å². The quantitative estimate of drug-likeness (QED) is 0.595. The van der Waals surface area contributed by atoms with Crippen molar-refractivity contribution in [3.05, 3.63) is 23.8 Å². The van der Waals surface area contributed by atoms with E-state index in [1.165, 1.54) is 0 Å². The second-order valence-electron chi connectivity index (χ2n) is 8.10. The zero-order valence-electron chi connectivity index (χ0n) is 16.3. The SMILES string of the molecule is CC(C)(C)CC(C)(C)c1ccc(OCCOCCOCCO)c(O)c1. The van der Waals surface area contributed by atoms with Crippen molar-refractivity contribution in [3.63, 3.8) is 0 Å². The minimum atomic E-state index is -0.0219. The van der Waals surface area contributed by atoms with Crippen molar-refractivity contribution in [2.24, 2.45) is 5.41 Å². The Morgan fingerprint density at radius 2 is 1.48 bits per heavy atom. The Kier molecular flexibility index (Phi) is 8.69. The molecule has 5 nitrogen and oxygen atoms in total. The standard InChI is InChI=1S/C20H34O5/c1-19(2,3)15-20(4,5)16-6-7-18(17(22)14-16)25-13-12-24-11-10-23-9-8-21/h6-7,14,21-22H,8-13,15H2,1-5H3. The Morgan fingerprint density at radius 3 is 2.04 bits per heavy atom. The fraction of sp³-hybridized carbons (Fsp3) is 0.700. The zero-order valence-corrected chi connectivity index (χ0v) is 16.3. The van der Waals surface area contributed by atoms with Crippen LogP contribution in [-0.4, -0.2) is 49.9 Å². The number of aliphatic hydroxyl groups excluding tert-OH is 1. The van der Waals surface area contributed by atoms with Crippen molar-refractivity contribution >= 4 is 0 Å². The minimum Gasteiger partial charge on any atom is -0.504 e. The van der Waals surface area contributed by atoms with Crippen LogP contribution in [0.4, 0.5) is 0 Å². The van der Waals surface area contributed by atoms with Gasteiger partial charge in [0.25, 0.3) is 0 Å². The Bertz CT molecular complexity index is 505. The number of hydrogen-bond donors (Lipinski definition) is 2. The molecule has 1 aromatic rings. The molecule has 0 fully saturated rings. The number of benzene rings is 1. The molecule has 0 spiro atoms. The van der Waals surface area contributed by atoms with Gasteiger partial charge < -0.3 is 24.4 Å². The van der Waals surface area contributed by atoms with E-state index in [1.807, 2.05) is 12.1 Å². The lowest BCUT2D eigenvalue weighted by Crippen LogP contribution is -2.24. The number of phenolic OH excluding ortho intramolecular Hbond substituents is 1. The molecule has 144 valence electrons. The lowest BCUT2D eigenvalue weighted by atomic mass is 9.72. The highest BCUT2D eigenvalue weighted by molar-refractivity contribution is 5.44. The number of aliphatic hydroxyl groups is 1. The summed E-state index contributed by atoms with van der Waals surface area (Å²) >= 11 is 0. The van der Waals surface area contributed by atoms with Crippen LogP contribution in [-0.2, 0) is 14.9 Å². The average Bonchev–Trinajstić information content (AvgIpc) is 2.48. The third-order valence-electron chi connectivity index (χ3n) is 3.81. The molecule has 0 aliphatic heterocycles. The van der Waals surface area contributed by atoms with Crippen LogP contribution in [0.2, 0.25) is 0 Å². The Balaban J connectivity index is 2.45. The molecule has 0 saturated carbocycles. The second-order valence-corrected chi connectivity index (χ2v) is 8.10. The molecule has 1 rings (SSSR count). The molecule has 0 radical (unpaired) electrons. The van der Waals surface area contributed by atoms with Crippen molar-refractivity contribution in [1.29, 1.82) is 0 Å². The smallest absolute Gasteiger partial charge is 0.161 e. The van der Waals surface area contributed by atoms with Crippen molar-refractivity contribution in [3.8, 4) is 11.5 Å². The van der Waals surface area contributed by atoms with E-state index in [0.29, 0.717) is 38.8 Å². The first-order valence-electron chi connectivity index (χ1n) is 8.88. The third kappa shape index (κ3) is 8.56. The molecule has 0 aromatic heterocycles. The number of rotatable bonds is 11. The summed E-state index contributed by atoms with van der Waals surface area (Å²) in [6.07, 6.45) is 1.02. The van der Waals surface area contributed by atoms with Gasteiger partial charge in [0, 0.05) is 0 Å². The maximum atomic E-state index is 10.2. The van der Waals surface area contributed by atoms with Gasteiger partial charge in [-0.2, -0.15) is 0 Å². The summed E-state index contributed by atoms with van der Waals surface area (Å²) in [7, 11) is 0. The molecule has 0 atom stereocenters. The predicted molar refractivity (Wildman–Crippen MR) is 99.4 cm³/mol. The van der Waals surface area contributed by atoms with Crippen molar-refractivity contribution in [2.75, 3.05) is 39.6 Å². The summed E-state index contributed by atoms with van der Waals surface area (Å²) in [6.45, 7) is 13.1. The summed E-state index contributed by atoms with van der Waals surface area (Å²) in [4.78, 5) is 0. The van der Waals surface area contributed by atoms with Gasteiger partial charge in [-0.25, -0.2) is 0 Å². The topological polar surface area (TPSA) is 68.2 Å². The molecular formula is C20H34O5. The van der Waals surface area contributed by atoms with Crippen LogP contribution in [0.15, 0.2) is 18.2 Å². The normalized spacial score (nSPS) is 12.4. The van der Waals surface area contributed by atoms with Crippen molar-refractivity contribution in [2.45, 2.75) is 46.5 Å². The maximum Gasteiger partial charge on any atom is 0.161 e. The molecule has 1 aromatic carbocycles. The van der Waals surface area contributed by atoms with E-state index < -0.39 is 0 Å². The van der Waals surface area contributed by atoms with Crippen molar-refractivity contribution in [1.82, 2.24) is 0 Å². The molecule has 2 N–H and O–H groups in total. The number of ether oxygens (including phenoxy) is 3. The highest BCUT2D eigenvalue weighted by atomic mass is 16.5. The summed E-state index contributed by atoms with van der Waals surface area (Å²) in [5.74, 6) is 0.626. The third-order valence-corrected chi connectivity index (χ3v) is 3.81. The molecule has 5 heteroatoms. The monoisotopic (exact) mass is 354 g/mol. The minimum absolute atomic E-state index is 0.0188. The van der Waals surface area contributed by atoms with Crippen LogP contribution < -0.4 is 4.74 Å². The van der Waals surface area contributed by atoms with E-state index in [2.05, 4.69) is 34.6 Å². The second kappa shape index (κ2) is 10.00. The van der Waals surface area contributed by atoms with Crippen LogP contribution in [0.3, 0.4) is 0 Å². The molecule has 0 heterocycles. The van der Waals surface area contributed by atoms with Crippen LogP contribution in [0.1, 0.15) is 46.6 Å². The highest BCUT2D eigenvalue weighted by Gasteiger charge is 2.27. The van der Waals surface area contributed by atoms with Gasteiger partial charge in [0.15, 0.2) is 11.5 Å². The van der Waals surface area contributed by atoms with Crippen LogP contribution in [0.5, 0.6) is 11.5 Å². The molecule has 0 aliphatic carbocycles. The molecule has 0 aliphatic rings. The summed E-state index contributed by atoms with van der Waals surface area (Å²) < 4.78 is 16.0. The van der Waals surface area contributed by atoms with Gasteiger partial charge in [-0.15, -0.1) is 0 Å². The molecule has 25 heavy (non-hydrogen) atoms. The number of aromatic hydroxyl groups is 1. The van der Waals surface area contributed by atoms with E-state index in [1.54, 1.807) is 6.07 Å². The van der Waals surface area contributed by atoms with E-state index in [0.717, 1.165) is 12.0 Å². The molecule has 0 unspecified atom stereocenters. The number of phenols is 1. The van der Waals surface area contributed by atoms with Gasteiger partial charge in [0.1, 0.15) is 6.61 Å². The summed E-state index contributed by atoms with van der Waals surface area (Å²) in [5, 5.41) is 18.8. The van der Waals surface area contributed by atoms with E-state index in [9.17, 15) is 5.11 Å². The van der Waals surface area contributed by atoms with Crippen molar-refractivity contribution < 1.29 is 24.4 Å². The molecule has 0 bridgehead atoms. The lowest BCUT2D eigenvalue weighted by molar-refractivity contribution is 0.0245. The predicted octanol–water partition coefficient (Wildman–Crippen LogP) is 3.51. The molecular weight excluding hydrogens is 320 g/mol. The van der Waals surface area contributed by atoms with Gasteiger partial charge in [-0.1, -0.05) is 40.7 Å². The van der Waals surface area contributed by atoms with E-state index >= 15 is 0 Å².